The van der Waals surface area contributed by atoms with Gasteiger partial charge in [-0.3, -0.25) is 0 Å². The van der Waals surface area contributed by atoms with Gasteiger partial charge in [0.05, 0.1) is 6.20 Å². The van der Waals surface area contributed by atoms with Crippen LogP contribution in [-0.2, 0) is 0 Å². The molecule has 1 heterocycles. The van der Waals surface area contributed by atoms with E-state index in [0.29, 0.717) is 5.56 Å². The number of rotatable bonds is 1. The molecule has 0 radical (unpaired) electrons. The third kappa shape index (κ3) is 1.93. The van der Waals surface area contributed by atoms with Gasteiger partial charge in [0.1, 0.15) is 5.69 Å². The van der Waals surface area contributed by atoms with E-state index in [9.17, 15) is 4.39 Å². The molecule has 0 bridgehead atoms. The number of hydrogen-bond donors (Lipinski definition) is 1. The fourth-order valence-corrected chi connectivity index (χ4v) is 1.29. The molecule has 1 aromatic carbocycles. The van der Waals surface area contributed by atoms with Crippen LogP contribution in [0.15, 0.2) is 30.5 Å². The molecule has 0 aliphatic heterocycles. The van der Waals surface area contributed by atoms with Crippen LogP contribution >= 0.6 is 0 Å². The fourth-order valence-electron chi connectivity index (χ4n) is 1.29. The van der Waals surface area contributed by atoms with E-state index < -0.39 is 5.82 Å². The Labute approximate surface area is 86.8 Å². The minimum Gasteiger partial charge on any atom is -0.368 e. The maximum absolute atomic E-state index is 13.4. The number of aromatic nitrogens is 2. The molecule has 0 saturated carbocycles. The average Bonchev–Trinajstić information content (AvgIpc) is 2.23. The predicted molar refractivity (Wildman–Crippen MR) is 56.6 cm³/mol. The standard InChI is InChI=1S/C11H10FN3/c1-7-2-4-8(5-3-7)10-9(12)6-14-11(13)15-10/h2-6H,1H3,(H2,13,14,15). The van der Waals surface area contributed by atoms with Crippen molar-refractivity contribution in [2.75, 3.05) is 5.73 Å². The Balaban J connectivity index is 2.53. The van der Waals surface area contributed by atoms with E-state index in [1.807, 2.05) is 19.1 Å². The second-order valence-corrected chi connectivity index (χ2v) is 3.29. The van der Waals surface area contributed by atoms with Crippen LogP contribution in [0, 0.1) is 12.7 Å². The number of anilines is 1. The maximum Gasteiger partial charge on any atom is 0.220 e. The molecule has 0 amide bonds. The summed E-state index contributed by atoms with van der Waals surface area (Å²) in [6, 6.07) is 7.40. The van der Waals surface area contributed by atoms with Crippen LogP contribution in [0.4, 0.5) is 10.3 Å². The summed E-state index contributed by atoms with van der Waals surface area (Å²) in [7, 11) is 0. The van der Waals surface area contributed by atoms with Gasteiger partial charge in [-0.25, -0.2) is 14.4 Å². The third-order valence-corrected chi connectivity index (χ3v) is 2.09. The van der Waals surface area contributed by atoms with Gasteiger partial charge in [0.15, 0.2) is 5.82 Å². The Kier molecular flexibility index (Phi) is 2.33. The van der Waals surface area contributed by atoms with Crippen LogP contribution < -0.4 is 5.73 Å². The molecule has 0 aliphatic carbocycles. The number of nitrogens with two attached hydrogens (primary N) is 1. The van der Waals surface area contributed by atoms with Gasteiger partial charge in [-0.05, 0) is 6.92 Å². The molecule has 3 nitrogen and oxygen atoms in total. The SMILES string of the molecule is Cc1ccc(-c2nc(N)ncc2F)cc1. The van der Waals surface area contributed by atoms with Gasteiger partial charge >= 0.3 is 0 Å². The Morgan fingerprint density at radius 3 is 2.53 bits per heavy atom. The molecule has 0 aliphatic rings. The molecule has 0 fully saturated rings. The lowest BCUT2D eigenvalue weighted by Gasteiger charge is -2.03. The van der Waals surface area contributed by atoms with Crippen molar-refractivity contribution >= 4 is 5.95 Å². The van der Waals surface area contributed by atoms with Crippen molar-refractivity contribution in [3.63, 3.8) is 0 Å². The Bertz CT molecular complexity index is 480. The molecule has 0 spiro atoms. The summed E-state index contributed by atoms with van der Waals surface area (Å²) in [4.78, 5) is 7.44. The molecule has 76 valence electrons. The lowest BCUT2D eigenvalue weighted by molar-refractivity contribution is 0.619. The van der Waals surface area contributed by atoms with Crippen LogP contribution in [0.25, 0.3) is 11.3 Å². The Hall–Kier alpha value is -1.97. The van der Waals surface area contributed by atoms with Gasteiger partial charge in [0.25, 0.3) is 0 Å². The van der Waals surface area contributed by atoms with Crippen molar-refractivity contribution in [2.24, 2.45) is 0 Å². The topological polar surface area (TPSA) is 51.8 Å². The monoisotopic (exact) mass is 203 g/mol. The zero-order valence-corrected chi connectivity index (χ0v) is 8.24. The van der Waals surface area contributed by atoms with E-state index in [1.54, 1.807) is 12.1 Å². The first-order chi connectivity index (χ1) is 7.16. The minimum absolute atomic E-state index is 0.0759. The number of aryl methyl sites for hydroxylation is 1. The zero-order chi connectivity index (χ0) is 10.8. The first-order valence-electron chi connectivity index (χ1n) is 4.52. The van der Waals surface area contributed by atoms with Crippen LogP contribution in [0.1, 0.15) is 5.56 Å². The van der Waals surface area contributed by atoms with Gasteiger partial charge in [-0.15, -0.1) is 0 Å². The molecular formula is C11H10FN3. The fraction of sp³-hybridized carbons (Fsp3) is 0.0909. The van der Waals surface area contributed by atoms with E-state index >= 15 is 0 Å². The van der Waals surface area contributed by atoms with Crippen molar-refractivity contribution in [2.45, 2.75) is 6.92 Å². The first kappa shape index (κ1) is 9.58. The number of benzene rings is 1. The van der Waals surface area contributed by atoms with Crippen LogP contribution in [-0.4, -0.2) is 9.97 Å². The van der Waals surface area contributed by atoms with Crippen LogP contribution in [0.2, 0.25) is 0 Å². The average molecular weight is 203 g/mol. The number of halogens is 1. The lowest BCUT2D eigenvalue weighted by Crippen LogP contribution is -1.98. The highest BCUT2D eigenvalue weighted by molar-refractivity contribution is 5.60. The van der Waals surface area contributed by atoms with Crippen molar-refractivity contribution in [3.05, 3.63) is 41.8 Å². The highest BCUT2D eigenvalue weighted by Crippen LogP contribution is 2.20. The summed E-state index contributed by atoms with van der Waals surface area (Å²) in [5.41, 5.74) is 7.46. The summed E-state index contributed by atoms with van der Waals surface area (Å²) < 4.78 is 13.4. The van der Waals surface area contributed by atoms with Gasteiger partial charge in [-0.2, -0.15) is 0 Å². The largest absolute Gasteiger partial charge is 0.368 e. The van der Waals surface area contributed by atoms with E-state index in [0.717, 1.165) is 11.8 Å². The second kappa shape index (κ2) is 3.65. The molecule has 0 atom stereocenters. The molecule has 2 rings (SSSR count). The zero-order valence-electron chi connectivity index (χ0n) is 8.24. The van der Waals surface area contributed by atoms with E-state index in [1.165, 1.54) is 0 Å². The molecule has 2 aromatic rings. The summed E-state index contributed by atoms with van der Waals surface area (Å²) in [6.07, 6.45) is 1.08. The minimum atomic E-state index is -0.465. The van der Waals surface area contributed by atoms with Crippen molar-refractivity contribution in [1.29, 1.82) is 0 Å². The molecule has 15 heavy (non-hydrogen) atoms. The molecule has 4 heteroatoms. The van der Waals surface area contributed by atoms with E-state index in [-0.39, 0.29) is 11.6 Å². The van der Waals surface area contributed by atoms with Crippen molar-refractivity contribution in [1.82, 2.24) is 9.97 Å². The Morgan fingerprint density at radius 1 is 1.20 bits per heavy atom. The van der Waals surface area contributed by atoms with Crippen LogP contribution in [0.5, 0.6) is 0 Å². The normalized spacial score (nSPS) is 10.3. The van der Waals surface area contributed by atoms with E-state index in [4.69, 9.17) is 5.73 Å². The number of nitrogen functional groups attached to an aromatic ring is 1. The molecule has 1 aromatic heterocycles. The molecule has 2 N–H and O–H groups in total. The van der Waals surface area contributed by atoms with E-state index in [2.05, 4.69) is 9.97 Å². The number of nitrogens with zero attached hydrogens (tertiary/aromatic N) is 2. The molecular weight excluding hydrogens is 193 g/mol. The second-order valence-electron chi connectivity index (χ2n) is 3.29. The highest BCUT2D eigenvalue weighted by atomic mass is 19.1. The van der Waals surface area contributed by atoms with Crippen LogP contribution in [0.3, 0.4) is 0 Å². The number of hydrogen-bond acceptors (Lipinski definition) is 3. The third-order valence-electron chi connectivity index (χ3n) is 2.09. The molecule has 0 unspecified atom stereocenters. The quantitative estimate of drug-likeness (QED) is 0.772. The summed E-state index contributed by atoms with van der Waals surface area (Å²) in [5.74, 6) is -0.389. The smallest absolute Gasteiger partial charge is 0.220 e. The van der Waals surface area contributed by atoms with Gasteiger partial charge in [0.2, 0.25) is 5.95 Å². The summed E-state index contributed by atoms with van der Waals surface area (Å²) >= 11 is 0. The van der Waals surface area contributed by atoms with Crippen molar-refractivity contribution in [3.8, 4) is 11.3 Å². The van der Waals surface area contributed by atoms with Gasteiger partial charge in [-0.1, -0.05) is 29.8 Å². The maximum atomic E-state index is 13.4. The van der Waals surface area contributed by atoms with Gasteiger partial charge in [0, 0.05) is 5.56 Å². The lowest BCUT2D eigenvalue weighted by atomic mass is 10.1. The predicted octanol–water partition coefficient (Wildman–Crippen LogP) is 2.17. The summed E-state index contributed by atoms with van der Waals surface area (Å²) in [5, 5.41) is 0. The summed E-state index contributed by atoms with van der Waals surface area (Å²) in [6.45, 7) is 1.97. The van der Waals surface area contributed by atoms with Gasteiger partial charge < -0.3 is 5.73 Å². The first-order valence-corrected chi connectivity index (χ1v) is 4.52. The molecule has 0 saturated heterocycles. The highest BCUT2D eigenvalue weighted by Gasteiger charge is 2.07. The van der Waals surface area contributed by atoms with Crippen molar-refractivity contribution < 1.29 is 4.39 Å². The Morgan fingerprint density at radius 2 is 1.87 bits per heavy atom.